The number of carbonyl (C=O) groups is 2. The highest BCUT2D eigenvalue weighted by molar-refractivity contribution is 5.90. The molecule has 0 spiro atoms. The van der Waals surface area contributed by atoms with Crippen LogP contribution in [0.15, 0.2) is 0 Å². The third-order valence-electron chi connectivity index (χ3n) is 4.07. The van der Waals surface area contributed by atoms with Gasteiger partial charge in [0.2, 0.25) is 5.82 Å². The van der Waals surface area contributed by atoms with Gasteiger partial charge in [-0.1, -0.05) is 26.2 Å². The smallest absolute Gasteiger partial charge is 0.311 e. The normalized spacial score (nSPS) is 17.4. The Bertz CT molecular complexity index is 506. The van der Waals surface area contributed by atoms with Crippen molar-refractivity contribution in [1.82, 2.24) is 20.5 Å². The van der Waals surface area contributed by atoms with Crippen LogP contribution in [0.25, 0.3) is 0 Å². The number of hydrogen-bond acceptors (Lipinski definition) is 4. The van der Waals surface area contributed by atoms with Crippen molar-refractivity contribution < 1.29 is 14.7 Å². The number of rotatable bonds is 6. The number of carboxylic acids is 1. The molecule has 0 unspecified atom stereocenters. The van der Waals surface area contributed by atoms with Gasteiger partial charge in [-0.2, -0.15) is 0 Å². The molecule has 2 rings (SSSR count). The number of aromatic nitrogens is 3. The third kappa shape index (κ3) is 3.59. The van der Waals surface area contributed by atoms with E-state index in [1.165, 1.54) is 0 Å². The zero-order chi connectivity index (χ0) is 15.3. The lowest BCUT2D eigenvalue weighted by Gasteiger charge is -2.32. The summed E-state index contributed by atoms with van der Waals surface area (Å²) < 4.78 is 0. The molecule has 116 valence electrons. The minimum atomic E-state index is -0.837. The maximum Gasteiger partial charge on any atom is 0.311 e. The highest BCUT2D eigenvalue weighted by Gasteiger charge is 2.40. The van der Waals surface area contributed by atoms with Crippen molar-refractivity contribution in [2.75, 3.05) is 6.54 Å². The molecule has 0 bridgehead atoms. The molecule has 0 atom stereocenters. The molecule has 0 aliphatic heterocycles. The van der Waals surface area contributed by atoms with Gasteiger partial charge in [0.05, 0.1) is 5.41 Å². The van der Waals surface area contributed by atoms with E-state index in [0.29, 0.717) is 18.7 Å². The van der Waals surface area contributed by atoms with Crippen molar-refractivity contribution in [3.8, 4) is 0 Å². The molecule has 0 radical (unpaired) electrons. The Labute approximate surface area is 123 Å². The van der Waals surface area contributed by atoms with E-state index in [-0.39, 0.29) is 12.4 Å². The molecule has 1 fully saturated rings. The van der Waals surface area contributed by atoms with Crippen LogP contribution in [-0.4, -0.2) is 38.7 Å². The van der Waals surface area contributed by atoms with Gasteiger partial charge in [0.25, 0.3) is 5.91 Å². The Morgan fingerprint density at radius 2 is 2.05 bits per heavy atom. The summed E-state index contributed by atoms with van der Waals surface area (Å²) in [4.78, 5) is 27.7. The van der Waals surface area contributed by atoms with Crippen LogP contribution < -0.4 is 5.32 Å². The van der Waals surface area contributed by atoms with Gasteiger partial charge in [-0.05, 0) is 19.3 Å². The summed E-state index contributed by atoms with van der Waals surface area (Å²) >= 11 is 0. The van der Waals surface area contributed by atoms with E-state index in [2.05, 4.69) is 20.5 Å². The van der Waals surface area contributed by atoms with E-state index in [1.807, 2.05) is 6.92 Å². The molecule has 1 aliphatic carbocycles. The maximum absolute atomic E-state index is 12.0. The van der Waals surface area contributed by atoms with Crippen molar-refractivity contribution in [2.45, 2.75) is 51.9 Å². The Kier molecular flexibility index (Phi) is 4.93. The summed E-state index contributed by atoms with van der Waals surface area (Å²) in [6, 6.07) is 0. The summed E-state index contributed by atoms with van der Waals surface area (Å²) in [5, 5.41) is 18.7. The lowest BCUT2D eigenvalue weighted by atomic mass is 9.74. The van der Waals surface area contributed by atoms with Gasteiger partial charge >= 0.3 is 5.97 Å². The fourth-order valence-corrected chi connectivity index (χ4v) is 2.77. The van der Waals surface area contributed by atoms with Gasteiger partial charge in [-0.3, -0.25) is 14.7 Å². The van der Waals surface area contributed by atoms with Gasteiger partial charge in [0, 0.05) is 13.0 Å². The van der Waals surface area contributed by atoms with Gasteiger partial charge in [-0.15, -0.1) is 5.10 Å². The number of aromatic amines is 1. The van der Waals surface area contributed by atoms with Gasteiger partial charge in [0.1, 0.15) is 5.82 Å². The minimum absolute atomic E-state index is 0.0785. The van der Waals surface area contributed by atoms with Gasteiger partial charge in [0.15, 0.2) is 0 Å². The molecule has 1 aliphatic rings. The molecular formula is C14H22N4O3. The minimum Gasteiger partial charge on any atom is -0.481 e. The zero-order valence-electron chi connectivity index (χ0n) is 12.3. The largest absolute Gasteiger partial charge is 0.481 e. The van der Waals surface area contributed by atoms with Crippen LogP contribution in [0.2, 0.25) is 0 Å². The van der Waals surface area contributed by atoms with Crippen molar-refractivity contribution in [3.05, 3.63) is 11.6 Å². The Morgan fingerprint density at radius 1 is 1.33 bits per heavy atom. The second-order valence-electron chi connectivity index (χ2n) is 5.68. The molecule has 21 heavy (non-hydrogen) atoms. The number of carbonyl (C=O) groups excluding carboxylic acids is 1. The van der Waals surface area contributed by atoms with Gasteiger partial charge in [-0.25, -0.2) is 4.98 Å². The average Bonchev–Trinajstić information content (AvgIpc) is 2.95. The SMILES string of the molecule is CCCc1nc(C(=O)NCC2(C(=O)O)CCCCC2)n[nH]1. The van der Waals surface area contributed by atoms with Crippen LogP contribution in [0.4, 0.5) is 0 Å². The summed E-state index contributed by atoms with van der Waals surface area (Å²) in [5.74, 6) is -0.493. The molecule has 1 aromatic heterocycles. The number of nitrogens with one attached hydrogen (secondary N) is 2. The number of nitrogens with zero attached hydrogens (tertiary/aromatic N) is 2. The monoisotopic (exact) mass is 294 g/mol. The van der Waals surface area contributed by atoms with Crippen LogP contribution in [0.5, 0.6) is 0 Å². The molecule has 1 aromatic rings. The Balaban J connectivity index is 1.96. The van der Waals surface area contributed by atoms with Crippen LogP contribution in [-0.2, 0) is 11.2 Å². The average molecular weight is 294 g/mol. The maximum atomic E-state index is 12.0. The van der Waals surface area contributed by atoms with E-state index in [9.17, 15) is 14.7 Å². The quantitative estimate of drug-likeness (QED) is 0.737. The summed E-state index contributed by atoms with van der Waals surface area (Å²) in [6.07, 6.45) is 5.71. The lowest BCUT2D eigenvalue weighted by molar-refractivity contribution is -0.150. The van der Waals surface area contributed by atoms with E-state index < -0.39 is 17.3 Å². The van der Waals surface area contributed by atoms with Crippen molar-refractivity contribution in [3.63, 3.8) is 0 Å². The Morgan fingerprint density at radius 3 is 2.67 bits per heavy atom. The molecule has 0 saturated heterocycles. The highest BCUT2D eigenvalue weighted by atomic mass is 16.4. The first-order valence-electron chi connectivity index (χ1n) is 7.50. The predicted molar refractivity (Wildman–Crippen MR) is 75.9 cm³/mol. The Hall–Kier alpha value is -1.92. The fraction of sp³-hybridized carbons (Fsp3) is 0.714. The molecule has 0 aromatic carbocycles. The van der Waals surface area contributed by atoms with Crippen molar-refractivity contribution in [2.24, 2.45) is 5.41 Å². The molecule has 7 heteroatoms. The molecule has 7 nitrogen and oxygen atoms in total. The lowest BCUT2D eigenvalue weighted by Crippen LogP contribution is -2.44. The summed E-state index contributed by atoms with van der Waals surface area (Å²) in [7, 11) is 0. The second kappa shape index (κ2) is 6.69. The number of amides is 1. The topological polar surface area (TPSA) is 108 Å². The summed E-state index contributed by atoms with van der Waals surface area (Å²) in [5.41, 5.74) is -0.837. The fourth-order valence-electron chi connectivity index (χ4n) is 2.77. The van der Waals surface area contributed by atoms with Gasteiger partial charge < -0.3 is 10.4 Å². The van der Waals surface area contributed by atoms with Crippen molar-refractivity contribution in [1.29, 1.82) is 0 Å². The number of carboxylic acid groups (broad SMARTS) is 1. The third-order valence-corrected chi connectivity index (χ3v) is 4.07. The van der Waals surface area contributed by atoms with E-state index in [4.69, 9.17) is 0 Å². The standard InChI is InChI=1S/C14H22N4O3/c1-2-6-10-16-11(18-17-10)12(19)15-9-14(13(20)21)7-4-3-5-8-14/h2-9H2,1H3,(H,15,19)(H,20,21)(H,16,17,18). The number of hydrogen-bond donors (Lipinski definition) is 3. The van der Waals surface area contributed by atoms with Crippen LogP contribution in [0, 0.1) is 5.41 Å². The van der Waals surface area contributed by atoms with E-state index in [0.717, 1.165) is 32.1 Å². The van der Waals surface area contributed by atoms with E-state index in [1.54, 1.807) is 0 Å². The number of aliphatic carboxylic acids is 1. The molecule has 1 heterocycles. The van der Waals surface area contributed by atoms with Crippen molar-refractivity contribution >= 4 is 11.9 Å². The number of H-pyrrole nitrogens is 1. The molecular weight excluding hydrogens is 272 g/mol. The molecule has 1 saturated carbocycles. The van der Waals surface area contributed by atoms with Crippen LogP contribution in [0.3, 0.4) is 0 Å². The summed E-state index contributed by atoms with van der Waals surface area (Å²) in [6.45, 7) is 2.15. The first kappa shape index (κ1) is 15.5. The zero-order valence-corrected chi connectivity index (χ0v) is 12.3. The van der Waals surface area contributed by atoms with E-state index >= 15 is 0 Å². The van der Waals surface area contributed by atoms with Crippen LogP contribution >= 0.6 is 0 Å². The van der Waals surface area contributed by atoms with Crippen LogP contribution in [0.1, 0.15) is 61.9 Å². The number of aryl methyl sites for hydroxylation is 1. The molecule has 3 N–H and O–H groups in total. The second-order valence-corrected chi connectivity index (χ2v) is 5.68. The highest BCUT2D eigenvalue weighted by Crippen LogP contribution is 2.36. The predicted octanol–water partition coefficient (Wildman–Crippen LogP) is 1.52. The first-order chi connectivity index (χ1) is 10.1. The molecule has 1 amide bonds. The first-order valence-corrected chi connectivity index (χ1v) is 7.50.